The minimum atomic E-state index is 0.384. The normalized spacial score (nSPS) is 11.3. The zero-order chi connectivity index (χ0) is 21.5. The van der Waals surface area contributed by atoms with Crippen molar-refractivity contribution in [3.63, 3.8) is 0 Å². The first kappa shape index (κ1) is 18.9. The Morgan fingerprint density at radius 2 is 1.94 bits per heavy atom. The maximum atomic E-state index is 6.09. The second-order valence-corrected chi connectivity index (χ2v) is 8.37. The highest BCUT2D eigenvalue weighted by molar-refractivity contribution is 7.13. The summed E-state index contributed by atoms with van der Waals surface area (Å²) in [6.45, 7) is 0. The maximum Gasteiger partial charge on any atom is 0.300 e. The highest BCUT2D eigenvalue weighted by Crippen LogP contribution is 2.33. The third-order valence-electron chi connectivity index (χ3n) is 4.84. The lowest BCUT2D eigenvalue weighted by atomic mass is 10.3. The van der Waals surface area contributed by atoms with E-state index in [1.54, 1.807) is 23.5 Å². The molecule has 0 amide bonds. The highest BCUT2D eigenvalue weighted by Gasteiger charge is 2.13. The number of thiophene rings is 1. The fourth-order valence-corrected chi connectivity index (χ4v) is 4.18. The van der Waals surface area contributed by atoms with Crippen molar-refractivity contribution >= 4 is 56.8 Å². The summed E-state index contributed by atoms with van der Waals surface area (Å²) in [5.41, 5.74) is 3.83. The van der Waals surface area contributed by atoms with Crippen molar-refractivity contribution in [2.75, 3.05) is 5.32 Å². The number of hydrogen-bond acceptors (Lipinski definition) is 7. The van der Waals surface area contributed by atoms with Crippen LogP contribution in [0.1, 0.15) is 0 Å². The summed E-state index contributed by atoms with van der Waals surface area (Å²) in [5, 5.41) is 6.64. The predicted molar refractivity (Wildman–Crippen MR) is 126 cm³/mol. The van der Waals surface area contributed by atoms with E-state index in [1.165, 1.54) is 6.33 Å². The average molecular weight is 460 g/mol. The van der Waals surface area contributed by atoms with Gasteiger partial charge in [0, 0.05) is 16.8 Å². The quantitative estimate of drug-likeness (QED) is 0.288. The lowest BCUT2D eigenvalue weighted by molar-refractivity contribution is 0.468. The van der Waals surface area contributed by atoms with Crippen molar-refractivity contribution in [2.45, 2.75) is 0 Å². The fraction of sp³-hybridized carbons (Fsp3) is 0. The van der Waals surface area contributed by atoms with Gasteiger partial charge in [-0.15, -0.1) is 11.3 Å². The number of nitrogens with zero attached hydrogens (tertiary/aromatic N) is 3. The van der Waals surface area contributed by atoms with Crippen LogP contribution in [0.5, 0.6) is 11.6 Å². The van der Waals surface area contributed by atoms with Crippen LogP contribution >= 0.6 is 22.9 Å². The van der Waals surface area contributed by atoms with Crippen LogP contribution in [0.4, 0.5) is 11.7 Å². The largest absolute Gasteiger partial charge is 0.438 e. The molecule has 2 N–H and O–H groups in total. The number of oxazole rings is 1. The van der Waals surface area contributed by atoms with Gasteiger partial charge in [0.25, 0.3) is 6.01 Å². The molecule has 0 aliphatic heterocycles. The van der Waals surface area contributed by atoms with Crippen LogP contribution in [0.25, 0.3) is 32.7 Å². The predicted octanol–water partition coefficient (Wildman–Crippen LogP) is 7.02. The number of fused-ring (bicyclic) bond motifs is 2. The molecule has 0 aliphatic rings. The molecule has 4 heterocycles. The van der Waals surface area contributed by atoms with Crippen molar-refractivity contribution in [1.82, 2.24) is 19.9 Å². The van der Waals surface area contributed by atoms with E-state index in [0.29, 0.717) is 33.8 Å². The standard InChI is InChI=1S/C23H14ClN5O2S/c24-13-3-5-14(6-4-13)27-23-29-17-10-15(7-8-19(17)31-23)30-22-16-11-18(20-2-1-9-32-20)28-21(16)25-12-26-22/h1-12H,(H,27,29)(H,25,26,28). The summed E-state index contributed by atoms with van der Waals surface area (Å²) in [6, 6.07) is 19.2. The zero-order valence-electron chi connectivity index (χ0n) is 16.4. The number of ether oxygens (including phenoxy) is 1. The number of benzene rings is 2. The van der Waals surface area contributed by atoms with Crippen molar-refractivity contribution in [3.05, 3.63) is 77.4 Å². The number of aromatic amines is 1. The third-order valence-corrected chi connectivity index (χ3v) is 6.00. The Balaban J connectivity index is 1.29. The van der Waals surface area contributed by atoms with Gasteiger partial charge < -0.3 is 19.5 Å². The van der Waals surface area contributed by atoms with Crippen LogP contribution in [-0.4, -0.2) is 19.9 Å². The van der Waals surface area contributed by atoms with Gasteiger partial charge in [-0.3, -0.25) is 0 Å². The Kier molecular flexibility index (Phi) is 4.52. The molecule has 4 aromatic heterocycles. The first-order valence-corrected chi connectivity index (χ1v) is 11.0. The molecule has 0 unspecified atom stereocenters. The Bertz CT molecular complexity index is 1540. The van der Waals surface area contributed by atoms with Gasteiger partial charge in [-0.1, -0.05) is 17.7 Å². The first-order valence-electron chi connectivity index (χ1n) is 9.70. The van der Waals surface area contributed by atoms with Gasteiger partial charge in [-0.25, -0.2) is 9.97 Å². The smallest absolute Gasteiger partial charge is 0.300 e. The summed E-state index contributed by atoms with van der Waals surface area (Å²) in [5.74, 6) is 1.07. The summed E-state index contributed by atoms with van der Waals surface area (Å²) in [6.07, 6.45) is 1.48. The van der Waals surface area contributed by atoms with Crippen LogP contribution in [0.2, 0.25) is 5.02 Å². The van der Waals surface area contributed by atoms with E-state index in [4.69, 9.17) is 20.8 Å². The van der Waals surface area contributed by atoms with Crippen molar-refractivity contribution in [1.29, 1.82) is 0 Å². The number of nitrogens with one attached hydrogen (secondary N) is 2. The Hall–Kier alpha value is -3.88. The maximum absolute atomic E-state index is 6.09. The summed E-state index contributed by atoms with van der Waals surface area (Å²) < 4.78 is 11.9. The van der Waals surface area contributed by atoms with Gasteiger partial charge in [-0.2, -0.15) is 4.98 Å². The summed E-state index contributed by atoms with van der Waals surface area (Å²) in [4.78, 5) is 17.6. The minimum Gasteiger partial charge on any atom is -0.438 e. The third kappa shape index (κ3) is 3.55. The molecule has 0 saturated heterocycles. The molecule has 0 bridgehead atoms. The molecule has 0 aliphatic carbocycles. The molecule has 32 heavy (non-hydrogen) atoms. The van der Waals surface area contributed by atoms with Crippen LogP contribution in [0.3, 0.4) is 0 Å². The molecular weight excluding hydrogens is 446 g/mol. The number of rotatable bonds is 5. The summed E-state index contributed by atoms with van der Waals surface area (Å²) >= 11 is 7.59. The van der Waals surface area contributed by atoms with Gasteiger partial charge >= 0.3 is 0 Å². The lowest BCUT2D eigenvalue weighted by Crippen LogP contribution is -1.90. The van der Waals surface area contributed by atoms with E-state index < -0.39 is 0 Å². The van der Waals surface area contributed by atoms with Gasteiger partial charge in [0.05, 0.1) is 16.0 Å². The molecule has 9 heteroatoms. The minimum absolute atomic E-state index is 0.384. The SMILES string of the molecule is Clc1ccc(Nc2nc3cc(Oc4ncnc5[nH]c(-c6cccs6)cc45)ccc3o2)cc1. The van der Waals surface area contributed by atoms with E-state index >= 15 is 0 Å². The fourth-order valence-electron chi connectivity index (χ4n) is 3.36. The number of halogens is 1. The topological polar surface area (TPSA) is 88.9 Å². The van der Waals surface area contributed by atoms with Gasteiger partial charge in [-0.05, 0) is 53.9 Å². The molecule has 0 saturated carbocycles. The monoisotopic (exact) mass is 459 g/mol. The van der Waals surface area contributed by atoms with E-state index in [-0.39, 0.29) is 0 Å². The van der Waals surface area contributed by atoms with Crippen LogP contribution in [0.15, 0.2) is 76.8 Å². The number of anilines is 2. The van der Waals surface area contributed by atoms with Gasteiger partial charge in [0.2, 0.25) is 5.88 Å². The molecule has 156 valence electrons. The van der Waals surface area contributed by atoms with E-state index in [1.807, 2.05) is 47.8 Å². The van der Waals surface area contributed by atoms with Crippen molar-refractivity contribution < 1.29 is 9.15 Å². The van der Waals surface area contributed by atoms with Crippen molar-refractivity contribution in [3.8, 4) is 22.2 Å². The molecular formula is C23H14ClN5O2S. The van der Waals surface area contributed by atoms with Gasteiger partial charge in [0.15, 0.2) is 5.58 Å². The number of H-pyrrole nitrogens is 1. The van der Waals surface area contributed by atoms with Gasteiger partial charge in [0.1, 0.15) is 23.2 Å². The number of aromatic nitrogens is 4. The Labute approximate surface area is 190 Å². The molecule has 0 atom stereocenters. The van der Waals surface area contributed by atoms with Crippen LogP contribution in [0, 0.1) is 0 Å². The van der Waals surface area contributed by atoms with E-state index in [0.717, 1.165) is 27.3 Å². The molecule has 6 aromatic rings. The second kappa shape index (κ2) is 7.67. The molecule has 0 spiro atoms. The Morgan fingerprint density at radius 1 is 1.03 bits per heavy atom. The van der Waals surface area contributed by atoms with E-state index in [9.17, 15) is 0 Å². The second-order valence-electron chi connectivity index (χ2n) is 6.98. The molecule has 0 radical (unpaired) electrons. The zero-order valence-corrected chi connectivity index (χ0v) is 17.9. The highest BCUT2D eigenvalue weighted by atomic mass is 35.5. The summed E-state index contributed by atoms with van der Waals surface area (Å²) in [7, 11) is 0. The molecule has 6 rings (SSSR count). The lowest BCUT2D eigenvalue weighted by Gasteiger charge is -2.04. The van der Waals surface area contributed by atoms with Crippen molar-refractivity contribution in [2.24, 2.45) is 0 Å². The average Bonchev–Trinajstić information content (AvgIpc) is 3.54. The molecule has 7 nitrogen and oxygen atoms in total. The van der Waals surface area contributed by atoms with Crippen LogP contribution in [-0.2, 0) is 0 Å². The van der Waals surface area contributed by atoms with E-state index in [2.05, 4.69) is 31.3 Å². The Morgan fingerprint density at radius 3 is 2.78 bits per heavy atom. The first-order chi connectivity index (χ1) is 15.7. The molecule has 2 aromatic carbocycles. The molecule has 0 fully saturated rings. The number of hydrogen-bond donors (Lipinski definition) is 2. The van der Waals surface area contributed by atoms with Crippen LogP contribution < -0.4 is 10.1 Å².